The lowest BCUT2D eigenvalue weighted by atomic mass is 10.0. The van der Waals surface area contributed by atoms with Gasteiger partial charge in [-0.15, -0.1) is 0 Å². The number of amides is 2. The van der Waals surface area contributed by atoms with Crippen LogP contribution in [0.5, 0.6) is 11.5 Å². The number of methoxy groups -OCH3 is 1. The summed E-state index contributed by atoms with van der Waals surface area (Å²) >= 11 is 0. The number of fused-ring (bicyclic) bond motifs is 1. The highest BCUT2D eigenvalue weighted by Crippen LogP contribution is 2.26. The molecule has 1 atom stereocenters. The Hall–Kier alpha value is -4.32. The Labute approximate surface area is 235 Å². The van der Waals surface area contributed by atoms with E-state index in [1.807, 2.05) is 97.1 Å². The van der Waals surface area contributed by atoms with E-state index < -0.39 is 6.04 Å². The number of hydrogen-bond acceptors (Lipinski definition) is 4. The van der Waals surface area contributed by atoms with Gasteiger partial charge in [0.1, 0.15) is 17.5 Å². The molecule has 0 radical (unpaired) electrons. The molecule has 1 aliphatic rings. The smallest absolute Gasteiger partial charge is 0.261 e. The fraction of sp³-hybridized carbons (Fsp3) is 0.294. The number of hydrogen-bond donors (Lipinski definition) is 1. The molecule has 40 heavy (non-hydrogen) atoms. The minimum atomic E-state index is -0.696. The van der Waals surface area contributed by atoms with Crippen LogP contribution in [-0.2, 0) is 22.6 Å². The number of ether oxygens (including phenoxy) is 2. The molecule has 0 bridgehead atoms. The first kappa shape index (κ1) is 27.3. The van der Waals surface area contributed by atoms with Crippen LogP contribution < -0.4 is 14.8 Å². The van der Waals surface area contributed by atoms with Crippen LogP contribution >= 0.6 is 0 Å². The molecule has 0 aromatic heterocycles. The van der Waals surface area contributed by atoms with E-state index in [4.69, 9.17) is 9.47 Å². The molecule has 0 spiro atoms. The summed E-state index contributed by atoms with van der Waals surface area (Å²) in [6, 6.07) is 30.7. The maximum Gasteiger partial charge on any atom is 0.261 e. The van der Waals surface area contributed by atoms with Crippen LogP contribution in [0.15, 0.2) is 97.1 Å². The highest BCUT2D eigenvalue weighted by atomic mass is 16.5. The molecule has 0 heterocycles. The average molecular weight is 537 g/mol. The summed E-state index contributed by atoms with van der Waals surface area (Å²) < 4.78 is 11.5. The molecule has 0 saturated heterocycles. The molecule has 2 amide bonds. The molecule has 0 unspecified atom stereocenters. The summed E-state index contributed by atoms with van der Waals surface area (Å²) in [5, 5.41) is 5.22. The van der Waals surface area contributed by atoms with Gasteiger partial charge in [0, 0.05) is 24.4 Å². The van der Waals surface area contributed by atoms with Gasteiger partial charge in [-0.1, -0.05) is 91.7 Å². The van der Waals surface area contributed by atoms with Crippen LogP contribution in [0.4, 0.5) is 0 Å². The zero-order valence-electron chi connectivity index (χ0n) is 22.9. The molecule has 1 aliphatic carbocycles. The molecule has 1 fully saturated rings. The van der Waals surface area contributed by atoms with Crippen LogP contribution in [0.25, 0.3) is 10.8 Å². The van der Waals surface area contributed by atoms with Crippen molar-refractivity contribution in [2.24, 2.45) is 0 Å². The van der Waals surface area contributed by atoms with Crippen LogP contribution in [0.1, 0.15) is 36.8 Å². The number of carbonyl (C=O) groups excluding carboxylic acids is 2. The molecule has 6 heteroatoms. The molecular weight excluding hydrogens is 500 g/mol. The second kappa shape index (κ2) is 13.2. The van der Waals surface area contributed by atoms with E-state index in [9.17, 15) is 9.59 Å². The number of nitrogens with one attached hydrogen (secondary N) is 1. The fourth-order valence-corrected chi connectivity index (χ4v) is 5.43. The number of benzene rings is 4. The Bertz CT molecular complexity index is 1430. The van der Waals surface area contributed by atoms with Gasteiger partial charge in [-0.25, -0.2) is 0 Å². The minimum absolute atomic E-state index is 0.128. The standard InChI is InChI=1S/C34H36N2O4/c1-39-29-18-9-13-26(21-29)23-36(33(37)24-40-32-20-10-15-27-14-5-8-19-30(27)32)31(22-25-11-3-2-4-12-25)34(38)35-28-16-6-7-17-28/h2-5,8-15,18-21,28,31H,6-7,16-17,22-24H2,1H3,(H,35,38)/t31-/m1/s1. The quantitative estimate of drug-likeness (QED) is 0.258. The van der Waals surface area contributed by atoms with Gasteiger partial charge in [0.05, 0.1) is 7.11 Å². The Morgan fingerprint density at radius 2 is 1.57 bits per heavy atom. The van der Waals surface area contributed by atoms with Crippen molar-refractivity contribution in [3.8, 4) is 11.5 Å². The van der Waals surface area contributed by atoms with E-state index >= 15 is 0 Å². The highest BCUT2D eigenvalue weighted by molar-refractivity contribution is 5.90. The summed E-state index contributed by atoms with van der Waals surface area (Å²) in [4.78, 5) is 29.5. The Kier molecular flexibility index (Phi) is 8.96. The fourth-order valence-electron chi connectivity index (χ4n) is 5.43. The van der Waals surface area contributed by atoms with Crippen LogP contribution in [-0.4, -0.2) is 42.5 Å². The van der Waals surface area contributed by atoms with Crippen molar-refractivity contribution in [2.75, 3.05) is 13.7 Å². The van der Waals surface area contributed by atoms with Gasteiger partial charge in [0.2, 0.25) is 5.91 Å². The van der Waals surface area contributed by atoms with Crippen molar-refractivity contribution >= 4 is 22.6 Å². The minimum Gasteiger partial charge on any atom is -0.497 e. The monoisotopic (exact) mass is 536 g/mol. The third-order valence-corrected chi connectivity index (χ3v) is 7.56. The lowest BCUT2D eigenvalue weighted by molar-refractivity contribution is -0.143. The van der Waals surface area contributed by atoms with Gasteiger partial charge in [-0.05, 0) is 47.6 Å². The van der Waals surface area contributed by atoms with Crippen LogP contribution in [0.2, 0.25) is 0 Å². The third-order valence-electron chi connectivity index (χ3n) is 7.56. The van der Waals surface area contributed by atoms with Gasteiger partial charge in [-0.2, -0.15) is 0 Å². The summed E-state index contributed by atoms with van der Waals surface area (Å²) in [5.74, 6) is 0.963. The Morgan fingerprint density at radius 3 is 2.38 bits per heavy atom. The third kappa shape index (κ3) is 6.81. The number of carbonyl (C=O) groups is 2. The number of rotatable bonds is 11. The first-order chi connectivity index (χ1) is 19.6. The van der Waals surface area contributed by atoms with Crippen molar-refractivity contribution in [3.05, 3.63) is 108 Å². The molecule has 1 saturated carbocycles. The molecule has 5 rings (SSSR count). The lowest BCUT2D eigenvalue weighted by Gasteiger charge is -2.32. The normalized spacial score (nSPS) is 14.0. The van der Waals surface area contributed by atoms with E-state index in [0.29, 0.717) is 17.9 Å². The van der Waals surface area contributed by atoms with Crippen molar-refractivity contribution in [1.82, 2.24) is 10.2 Å². The largest absolute Gasteiger partial charge is 0.497 e. The zero-order valence-corrected chi connectivity index (χ0v) is 22.9. The van der Waals surface area contributed by atoms with E-state index in [1.165, 1.54) is 0 Å². The second-order valence-electron chi connectivity index (χ2n) is 10.3. The van der Waals surface area contributed by atoms with Gasteiger partial charge in [0.15, 0.2) is 6.61 Å². The number of nitrogens with zero attached hydrogens (tertiary/aromatic N) is 1. The van der Waals surface area contributed by atoms with E-state index in [0.717, 1.165) is 47.6 Å². The van der Waals surface area contributed by atoms with E-state index in [-0.39, 0.29) is 31.0 Å². The Balaban J connectivity index is 1.44. The summed E-state index contributed by atoms with van der Waals surface area (Å²) in [6.07, 6.45) is 4.57. The molecule has 4 aromatic carbocycles. The van der Waals surface area contributed by atoms with Crippen molar-refractivity contribution < 1.29 is 19.1 Å². The van der Waals surface area contributed by atoms with Crippen LogP contribution in [0, 0.1) is 0 Å². The van der Waals surface area contributed by atoms with Gasteiger partial charge >= 0.3 is 0 Å². The maximum atomic E-state index is 14.0. The van der Waals surface area contributed by atoms with E-state index in [1.54, 1.807) is 12.0 Å². The van der Waals surface area contributed by atoms with Gasteiger partial charge in [-0.3, -0.25) is 9.59 Å². The second-order valence-corrected chi connectivity index (χ2v) is 10.3. The predicted octanol–water partition coefficient (Wildman–Crippen LogP) is 5.93. The van der Waals surface area contributed by atoms with Gasteiger partial charge in [0.25, 0.3) is 5.91 Å². The van der Waals surface area contributed by atoms with E-state index in [2.05, 4.69) is 5.32 Å². The predicted molar refractivity (Wildman–Crippen MR) is 157 cm³/mol. The first-order valence-electron chi connectivity index (χ1n) is 14.0. The molecule has 206 valence electrons. The Morgan fingerprint density at radius 1 is 0.875 bits per heavy atom. The molecule has 6 nitrogen and oxygen atoms in total. The highest BCUT2D eigenvalue weighted by Gasteiger charge is 2.32. The topological polar surface area (TPSA) is 67.9 Å². The zero-order chi connectivity index (χ0) is 27.7. The SMILES string of the molecule is COc1cccc(CN(C(=O)COc2cccc3ccccc23)[C@H](Cc2ccccc2)C(=O)NC2CCCC2)c1. The summed E-state index contributed by atoms with van der Waals surface area (Å²) in [7, 11) is 1.62. The van der Waals surface area contributed by atoms with Crippen molar-refractivity contribution in [3.63, 3.8) is 0 Å². The van der Waals surface area contributed by atoms with Gasteiger partial charge < -0.3 is 19.7 Å². The summed E-state index contributed by atoms with van der Waals surface area (Å²) in [6.45, 7) is 0.0739. The molecule has 0 aliphatic heterocycles. The lowest BCUT2D eigenvalue weighted by Crippen LogP contribution is -2.53. The molecular formula is C34H36N2O4. The summed E-state index contributed by atoms with van der Waals surface area (Å²) in [5.41, 5.74) is 1.87. The van der Waals surface area contributed by atoms with Crippen molar-refractivity contribution in [2.45, 2.75) is 50.7 Å². The maximum absolute atomic E-state index is 14.0. The molecule has 1 N–H and O–H groups in total. The van der Waals surface area contributed by atoms with Crippen LogP contribution in [0.3, 0.4) is 0 Å². The first-order valence-corrected chi connectivity index (χ1v) is 14.0. The average Bonchev–Trinajstić information content (AvgIpc) is 3.51. The van der Waals surface area contributed by atoms with Crippen molar-refractivity contribution in [1.29, 1.82) is 0 Å². The molecule has 4 aromatic rings.